The van der Waals surface area contributed by atoms with Gasteiger partial charge in [0.1, 0.15) is 6.54 Å². The molecule has 1 heterocycles. The van der Waals surface area contributed by atoms with Crippen LogP contribution in [-0.4, -0.2) is 41.5 Å². The number of rotatable bonds is 5. The number of amides is 1. The summed E-state index contributed by atoms with van der Waals surface area (Å²) in [5, 5.41) is 0. The van der Waals surface area contributed by atoms with Crippen molar-refractivity contribution >= 4 is 11.9 Å². The number of nitrogens with zero attached hydrogens (tertiary/aromatic N) is 2. The predicted molar refractivity (Wildman–Crippen MR) is 62.4 cm³/mol. The lowest BCUT2D eigenvalue weighted by atomic mass is 10.2. The van der Waals surface area contributed by atoms with Crippen molar-refractivity contribution in [2.75, 3.05) is 19.7 Å². The van der Waals surface area contributed by atoms with Crippen LogP contribution in [0, 0.1) is 5.95 Å². The molecule has 0 fully saturated rings. The van der Waals surface area contributed by atoms with Crippen LogP contribution in [0.3, 0.4) is 0 Å². The molecule has 0 radical (unpaired) electrons. The van der Waals surface area contributed by atoms with Gasteiger partial charge in [-0.2, -0.15) is 4.39 Å². The van der Waals surface area contributed by atoms with E-state index in [4.69, 9.17) is 4.74 Å². The number of carbonyl (C=O) groups is 2. The molecular weight excluding hydrogens is 239 g/mol. The molecule has 1 aromatic rings. The Morgan fingerprint density at radius 1 is 1.44 bits per heavy atom. The van der Waals surface area contributed by atoms with E-state index in [1.165, 1.54) is 23.2 Å². The fourth-order valence-corrected chi connectivity index (χ4v) is 1.41. The summed E-state index contributed by atoms with van der Waals surface area (Å²) in [6.45, 7) is 3.71. The second-order valence-corrected chi connectivity index (χ2v) is 3.47. The fraction of sp³-hybridized carbons (Fsp3) is 0.417. The quantitative estimate of drug-likeness (QED) is 0.586. The van der Waals surface area contributed by atoms with Crippen molar-refractivity contribution in [3.05, 3.63) is 29.8 Å². The summed E-state index contributed by atoms with van der Waals surface area (Å²) in [6, 6.07) is 2.80. The van der Waals surface area contributed by atoms with Gasteiger partial charge in [0.15, 0.2) is 0 Å². The third-order valence-electron chi connectivity index (χ3n) is 2.28. The average molecular weight is 254 g/mol. The highest BCUT2D eigenvalue weighted by molar-refractivity contribution is 5.95. The maximum absolute atomic E-state index is 13.3. The van der Waals surface area contributed by atoms with Crippen molar-refractivity contribution in [1.29, 1.82) is 0 Å². The molecule has 1 rings (SSSR count). The highest BCUT2D eigenvalue weighted by Crippen LogP contribution is 2.07. The monoisotopic (exact) mass is 254 g/mol. The lowest BCUT2D eigenvalue weighted by molar-refractivity contribution is -0.143. The SMILES string of the molecule is CCOC(=O)CN(CC)C(=O)c1cccnc1F. The summed E-state index contributed by atoms with van der Waals surface area (Å²) in [5.41, 5.74) is -0.149. The predicted octanol–water partition coefficient (Wildman–Crippen LogP) is 1.25. The van der Waals surface area contributed by atoms with E-state index in [0.29, 0.717) is 0 Å². The Kier molecular flexibility index (Phi) is 5.23. The van der Waals surface area contributed by atoms with E-state index in [0.717, 1.165) is 0 Å². The summed E-state index contributed by atoms with van der Waals surface area (Å²) >= 11 is 0. The molecule has 0 unspecified atom stereocenters. The first-order valence-electron chi connectivity index (χ1n) is 5.65. The first kappa shape index (κ1) is 14.1. The van der Waals surface area contributed by atoms with E-state index in [-0.39, 0.29) is 25.3 Å². The van der Waals surface area contributed by atoms with Crippen molar-refractivity contribution in [2.45, 2.75) is 13.8 Å². The summed E-state index contributed by atoms with van der Waals surface area (Å²) in [7, 11) is 0. The van der Waals surface area contributed by atoms with Gasteiger partial charge >= 0.3 is 5.97 Å². The molecule has 18 heavy (non-hydrogen) atoms. The van der Waals surface area contributed by atoms with Crippen LogP contribution in [0.25, 0.3) is 0 Å². The number of halogens is 1. The van der Waals surface area contributed by atoms with Gasteiger partial charge in [-0.1, -0.05) is 0 Å². The highest BCUT2D eigenvalue weighted by Gasteiger charge is 2.21. The van der Waals surface area contributed by atoms with Gasteiger partial charge < -0.3 is 9.64 Å². The van der Waals surface area contributed by atoms with Gasteiger partial charge in [-0.25, -0.2) is 4.98 Å². The zero-order valence-corrected chi connectivity index (χ0v) is 10.4. The van der Waals surface area contributed by atoms with Crippen LogP contribution >= 0.6 is 0 Å². The number of ether oxygens (including phenoxy) is 1. The summed E-state index contributed by atoms with van der Waals surface area (Å²) in [6.07, 6.45) is 1.26. The maximum Gasteiger partial charge on any atom is 0.325 e. The number of likely N-dealkylation sites (N-methyl/N-ethyl adjacent to an activating group) is 1. The molecule has 0 aliphatic heterocycles. The second-order valence-electron chi connectivity index (χ2n) is 3.47. The molecule has 0 aromatic carbocycles. The Labute approximate surface area is 105 Å². The Bertz CT molecular complexity index is 437. The fourth-order valence-electron chi connectivity index (χ4n) is 1.41. The van der Waals surface area contributed by atoms with E-state index in [2.05, 4.69) is 4.98 Å². The Balaban J connectivity index is 2.80. The number of esters is 1. The van der Waals surface area contributed by atoms with Gasteiger partial charge in [0.25, 0.3) is 5.91 Å². The number of pyridine rings is 1. The molecule has 0 aliphatic rings. The standard InChI is InChI=1S/C12H15FN2O3/c1-3-15(8-10(16)18-4-2)12(17)9-6-5-7-14-11(9)13/h5-7H,3-4,8H2,1-2H3. The minimum absolute atomic E-state index is 0.149. The van der Waals surface area contributed by atoms with E-state index in [9.17, 15) is 14.0 Å². The van der Waals surface area contributed by atoms with Crippen LogP contribution in [0.15, 0.2) is 18.3 Å². The van der Waals surface area contributed by atoms with Gasteiger partial charge in [0, 0.05) is 12.7 Å². The Morgan fingerprint density at radius 2 is 2.17 bits per heavy atom. The lowest BCUT2D eigenvalue weighted by Crippen LogP contribution is -2.36. The first-order valence-corrected chi connectivity index (χ1v) is 5.65. The molecule has 0 atom stereocenters. The molecule has 0 aliphatic carbocycles. The first-order chi connectivity index (χ1) is 8.60. The molecule has 0 bridgehead atoms. The topological polar surface area (TPSA) is 59.5 Å². The van der Waals surface area contributed by atoms with E-state index in [1.54, 1.807) is 13.8 Å². The normalized spacial score (nSPS) is 9.94. The van der Waals surface area contributed by atoms with Crippen LogP contribution in [0.5, 0.6) is 0 Å². The molecule has 5 nitrogen and oxygen atoms in total. The van der Waals surface area contributed by atoms with E-state index >= 15 is 0 Å². The van der Waals surface area contributed by atoms with Crippen LogP contribution in [0.4, 0.5) is 4.39 Å². The van der Waals surface area contributed by atoms with Crippen LogP contribution < -0.4 is 0 Å². The summed E-state index contributed by atoms with van der Waals surface area (Å²) in [5.74, 6) is -1.93. The van der Waals surface area contributed by atoms with Crippen molar-refractivity contribution in [1.82, 2.24) is 9.88 Å². The number of aromatic nitrogens is 1. The Morgan fingerprint density at radius 3 is 2.72 bits per heavy atom. The van der Waals surface area contributed by atoms with Crippen molar-refractivity contribution < 1.29 is 18.7 Å². The van der Waals surface area contributed by atoms with Gasteiger partial charge in [-0.15, -0.1) is 0 Å². The average Bonchev–Trinajstić information content (AvgIpc) is 2.36. The zero-order valence-electron chi connectivity index (χ0n) is 10.4. The molecule has 1 amide bonds. The lowest BCUT2D eigenvalue weighted by Gasteiger charge is -2.19. The molecule has 0 saturated heterocycles. The molecule has 6 heteroatoms. The van der Waals surface area contributed by atoms with Crippen LogP contribution in [0.1, 0.15) is 24.2 Å². The largest absolute Gasteiger partial charge is 0.465 e. The molecular formula is C12H15FN2O3. The molecule has 0 spiro atoms. The van der Waals surface area contributed by atoms with Crippen molar-refractivity contribution in [2.24, 2.45) is 0 Å². The van der Waals surface area contributed by atoms with Crippen molar-refractivity contribution in [3.63, 3.8) is 0 Å². The van der Waals surface area contributed by atoms with Gasteiger partial charge in [-0.05, 0) is 26.0 Å². The number of hydrogen-bond donors (Lipinski definition) is 0. The van der Waals surface area contributed by atoms with Gasteiger partial charge in [0.05, 0.1) is 12.2 Å². The van der Waals surface area contributed by atoms with Crippen LogP contribution in [0.2, 0.25) is 0 Å². The smallest absolute Gasteiger partial charge is 0.325 e. The molecule has 1 aromatic heterocycles. The molecule has 0 saturated carbocycles. The van der Waals surface area contributed by atoms with Gasteiger partial charge in [-0.3, -0.25) is 9.59 Å². The highest BCUT2D eigenvalue weighted by atomic mass is 19.1. The zero-order chi connectivity index (χ0) is 13.5. The summed E-state index contributed by atoms with van der Waals surface area (Å²) < 4.78 is 18.1. The maximum atomic E-state index is 13.3. The minimum atomic E-state index is -0.843. The second kappa shape index (κ2) is 6.68. The Hall–Kier alpha value is -1.98. The molecule has 0 N–H and O–H groups in total. The van der Waals surface area contributed by atoms with E-state index in [1.807, 2.05) is 0 Å². The third kappa shape index (κ3) is 3.51. The third-order valence-corrected chi connectivity index (χ3v) is 2.28. The van der Waals surface area contributed by atoms with Crippen molar-refractivity contribution in [3.8, 4) is 0 Å². The molecule has 98 valence electrons. The van der Waals surface area contributed by atoms with E-state index < -0.39 is 17.8 Å². The summed E-state index contributed by atoms with van der Waals surface area (Å²) in [4.78, 5) is 27.9. The number of carbonyl (C=O) groups excluding carboxylic acids is 2. The number of hydrogen-bond acceptors (Lipinski definition) is 4. The van der Waals surface area contributed by atoms with Crippen LogP contribution in [-0.2, 0) is 9.53 Å². The van der Waals surface area contributed by atoms with Gasteiger partial charge in [0.2, 0.25) is 5.95 Å². The minimum Gasteiger partial charge on any atom is -0.465 e.